The van der Waals surface area contributed by atoms with Gasteiger partial charge in [-0.05, 0) is 38.1 Å². The van der Waals surface area contributed by atoms with Crippen LogP contribution in [0.5, 0.6) is 11.5 Å². The van der Waals surface area contributed by atoms with E-state index in [4.69, 9.17) is 21.1 Å². The summed E-state index contributed by atoms with van der Waals surface area (Å²) in [5.74, 6) is 0.732. The van der Waals surface area contributed by atoms with Crippen LogP contribution in [0.1, 0.15) is 25.8 Å². The van der Waals surface area contributed by atoms with Crippen LogP contribution in [0.4, 0.5) is 0 Å². The van der Waals surface area contributed by atoms with Gasteiger partial charge in [0, 0.05) is 13.1 Å². The van der Waals surface area contributed by atoms with Gasteiger partial charge in [0.2, 0.25) is 0 Å². The van der Waals surface area contributed by atoms with Gasteiger partial charge in [-0.3, -0.25) is 4.79 Å². The number of amides is 1. The Morgan fingerprint density at radius 3 is 2.71 bits per heavy atom. The van der Waals surface area contributed by atoms with Crippen LogP contribution >= 0.6 is 11.6 Å². The van der Waals surface area contributed by atoms with Crippen LogP contribution < -0.4 is 20.1 Å². The molecule has 0 bridgehead atoms. The van der Waals surface area contributed by atoms with Crippen molar-refractivity contribution < 1.29 is 14.3 Å². The maximum Gasteiger partial charge on any atom is 0.260 e. The number of halogens is 1. The first-order valence-electron chi connectivity index (χ1n) is 6.98. The Hall–Kier alpha value is -1.46. The third-order valence-electron chi connectivity index (χ3n) is 2.88. The Morgan fingerprint density at radius 1 is 1.43 bits per heavy atom. The molecule has 2 N–H and O–H groups in total. The van der Waals surface area contributed by atoms with E-state index in [0.717, 1.165) is 12.0 Å². The molecule has 0 radical (unpaired) electrons. The number of carbonyl (C=O) groups is 1. The van der Waals surface area contributed by atoms with E-state index < -0.39 is 6.10 Å². The molecule has 1 rings (SSSR count). The summed E-state index contributed by atoms with van der Waals surface area (Å²) in [5.41, 5.74) is 0.981. The molecular formula is C15H23ClN2O3. The van der Waals surface area contributed by atoms with E-state index in [1.807, 2.05) is 20.0 Å². The summed E-state index contributed by atoms with van der Waals surface area (Å²) in [6.07, 6.45) is 0.236. The fourth-order valence-electron chi connectivity index (χ4n) is 1.82. The SMILES string of the molecule is CCCNC(=O)C(C)Oc1c(Cl)cc(CNC)cc1OC. The lowest BCUT2D eigenvalue weighted by Gasteiger charge is -2.18. The van der Waals surface area contributed by atoms with E-state index in [1.165, 1.54) is 0 Å². The molecule has 0 saturated heterocycles. The molecule has 0 spiro atoms. The second-order valence-corrected chi connectivity index (χ2v) is 5.10. The van der Waals surface area contributed by atoms with Crippen LogP contribution in [-0.2, 0) is 11.3 Å². The molecule has 118 valence electrons. The van der Waals surface area contributed by atoms with Crippen LogP contribution in [0.2, 0.25) is 5.02 Å². The highest BCUT2D eigenvalue weighted by Gasteiger charge is 2.19. The highest BCUT2D eigenvalue weighted by molar-refractivity contribution is 6.32. The summed E-state index contributed by atoms with van der Waals surface area (Å²) >= 11 is 6.24. The van der Waals surface area contributed by atoms with Gasteiger partial charge >= 0.3 is 0 Å². The largest absolute Gasteiger partial charge is 0.493 e. The van der Waals surface area contributed by atoms with Crippen molar-refractivity contribution in [1.82, 2.24) is 10.6 Å². The van der Waals surface area contributed by atoms with Gasteiger partial charge in [-0.15, -0.1) is 0 Å². The van der Waals surface area contributed by atoms with Gasteiger partial charge in [0.1, 0.15) is 0 Å². The maximum atomic E-state index is 11.9. The molecule has 6 heteroatoms. The normalized spacial score (nSPS) is 11.9. The Morgan fingerprint density at radius 2 is 2.14 bits per heavy atom. The molecule has 0 aliphatic carbocycles. The molecule has 21 heavy (non-hydrogen) atoms. The van der Waals surface area contributed by atoms with Gasteiger partial charge < -0.3 is 20.1 Å². The molecule has 1 unspecified atom stereocenters. The van der Waals surface area contributed by atoms with Gasteiger partial charge in [-0.1, -0.05) is 18.5 Å². The molecule has 0 saturated carbocycles. The van der Waals surface area contributed by atoms with E-state index in [9.17, 15) is 4.79 Å². The van der Waals surface area contributed by atoms with Crippen LogP contribution in [0.3, 0.4) is 0 Å². The average Bonchev–Trinajstić information content (AvgIpc) is 2.47. The van der Waals surface area contributed by atoms with Gasteiger partial charge in [-0.2, -0.15) is 0 Å². The van der Waals surface area contributed by atoms with Crippen molar-refractivity contribution in [3.63, 3.8) is 0 Å². The van der Waals surface area contributed by atoms with E-state index in [2.05, 4.69) is 10.6 Å². The number of benzene rings is 1. The van der Waals surface area contributed by atoms with Crippen molar-refractivity contribution in [2.45, 2.75) is 32.9 Å². The topological polar surface area (TPSA) is 59.6 Å². The van der Waals surface area contributed by atoms with Crippen molar-refractivity contribution in [2.24, 2.45) is 0 Å². The van der Waals surface area contributed by atoms with Crippen molar-refractivity contribution in [3.8, 4) is 11.5 Å². The predicted molar refractivity (Wildman–Crippen MR) is 84.2 cm³/mol. The van der Waals surface area contributed by atoms with Crippen LogP contribution in [0.25, 0.3) is 0 Å². The molecule has 0 aromatic heterocycles. The second kappa shape index (κ2) is 8.74. The number of nitrogens with one attached hydrogen (secondary N) is 2. The summed E-state index contributed by atoms with van der Waals surface area (Å²) in [4.78, 5) is 11.9. The molecule has 1 aromatic rings. The summed E-state index contributed by atoms with van der Waals surface area (Å²) in [5, 5.41) is 6.25. The zero-order valence-electron chi connectivity index (χ0n) is 13.0. The quantitative estimate of drug-likeness (QED) is 0.773. The minimum absolute atomic E-state index is 0.172. The molecular weight excluding hydrogens is 292 g/mol. The monoisotopic (exact) mass is 314 g/mol. The third-order valence-corrected chi connectivity index (χ3v) is 3.16. The first kappa shape index (κ1) is 17.6. The number of ether oxygens (including phenoxy) is 2. The first-order chi connectivity index (χ1) is 10.0. The van der Waals surface area contributed by atoms with Crippen molar-refractivity contribution in [1.29, 1.82) is 0 Å². The maximum absolute atomic E-state index is 11.9. The highest BCUT2D eigenvalue weighted by atomic mass is 35.5. The molecule has 5 nitrogen and oxygen atoms in total. The van der Waals surface area contributed by atoms with Crippen LogP contribution in [0.15, 0.2) is 12.1 Å². The van der Waals surface area contributed by atoms with Crippen molar-refractivity contribution in [3.05, 3.63) is 22.7 Å². The van der Waals surface area contributed by atoms with Gasteiger partial charge in [-0.25, -0.2) is 0 Å². The van der Waals surface area contributed by atoms with Crippen molar-refractivity contribution >= 4 is 17.5 Å². The van der Waals surface area contributed by atoms with E-state index in [0.29, 0.717) is 29.6 Å². The minimum atomic E-state index is -0.641. The number of hydrogen-bond donors (Lipinski definition) is 2. The fraction of sp³-hybridized carbons (Fsp3) is 0.533. The molecule has 1 atom stereocenters. The fourth-order valence-corrected chi connectivity index (χ4v) is 2.09. The lowest BCUT2D eigenvalue weighted by molar-refractivity contribution is -0.127. The number of hydrogen-bond acceptors (Lipinski definition) is 4. The molecule has 1 amide bonds. The van der Waals surface area contributed by atoms with E-state index in [-0.39, 0.29) is 5.91 Å². The molecule has 0 heterocycles. The number of carbonyl (C=O) groups excluding carboxylic acids is 1. The number of methoxy groups -OCH3 is 1. The minimum Gasteiger partial charge on any atom is -0.493 e. The Kier molecular flexibility index (Phi) is 7.32. The molecule has 1 aromatic carbocycles. The first-order valence-corrected chi connectivity index (χ1v) is 7.36. The summed E-state index contributed by atoms with van der Waals surface area (Å²) in [6, 6.07) is 3.64. The molecule has 0 fully saturated rings. The standard InChI is InChI=1S/C15H23ClN2O3/c1-5-6-18-15(19)10(2)21-14-12(16)7-11(9-17-3)8-13(14)20-4/h7-8,10,17H,5-6,9H2,1-4H3,(H,18,19). The van der Waals surface area contributed by atoms with Gasteiger partial charge in [0.15, 0.2) is 17.6 Å². The summed E-state index contributed by atoms with van der Waals surface area (Å²) < 4.78 is 11.0. The predicted octanol–water partition coefficient (Wildman–Crippen LogP) is 2.36. The smallest absolute Gasteiger partial charge is 0.260 e. The zero-order valence-corrected chi connectivity index (χ0v) is 13.7. The molecule has 0 aliphatic rings. The zero-order chi connectivity index (χ0) is 15.8. The summed E-state index contributed by atoms with van der Waals surface area (Å²) in [6.45, 7) is 4.97. The average molecular weight is 315 g/mol. The Labute approximate surface area is 131 Å². The Balaban J connectivity index is 2.89. The van der Waals surface area contributed by atoms with Crippen molar-refractivity contribution in [2.75, 3.05) is 20.7 Å². The third kappa shape index (κ3) is 5.10. The summed E-state index contributed by atoms with van der Waals surface area (Å²) in [7, 11) is 3.40. The number of rotatable bonds is 8. The van der Waals surface area contributed by atoms with E-state index >= 15 is 0 Å². The lowest BCUT2D eigenvalue weighted by Crippen LogP contribution is -2.36. The Bertz CT molecular complexity index is 480. The molecule has 0 aliphatic heterocycles. The van der Waals surface area contributed by atoms with Crippen LogP contribution in [-0.4, -0.2) is 32.7 Å². The second-order valence-electron chi connectivity index (χ2n) is 4.69. The van der Waals surface area contributed by atoms with Crippen LogP contribution in [0, 0.1) is 0 Å². The van der Waals surface area contributed by atoms with Gasteiger partial charge in [0.05, 0.1) is 12.1 Å². The highest BCUT2D eigenvalue weighted by Crippen LogP contribution is 2.37. The lowest BCUT2D eigenvalue weighted by atomic mass is 10.2. The van der Waals surface area contributed by atoms with E-state index in [1.54, 1.807) is 20.1 Å². The van der Waals surface area contributed by atoms with Gasteiger partial charge in [0.25, 0.3) is 5.91 Å².